The summed E-state index contributed by atoms with van der Waals surface area (Å²) < 4.78 is 29.5. The maximum Gasteiger partial charge on any atom is 0.227 e. The number of nitrogens with zero attached hydrogens (tertiary/aromatic N) is 4. The van der Waals surface area contributed by atoms with Crippen molar-refractivity contribution in [2.24, 2.45) is 5.92 Å². The molecule has 0 bridgehead atoms. The summed E-state index contributed by atoms with van der Waals surface area (Å²) in [5.74, 6) is -1.42. The predicted molar refractivity (Wildman–Crippen MR) is 103 cm³/mol. The van der Waals surface area contributed by atoms with Gasteiger partial charge in [-0.2, -0.15) is 5.10 Å². The van der Waals surface area contributed by atoms with Gasteiger partial charge >= 0.3 is 0 Å². The monoisotopic (exact) mass is 385 g/mol. The summed E-state index contributed by atoms with van der Waals surface area (Å²) in [6, 6.07) is 3.92. The van der Waals surface area contributed by atoms with E-state index in [1.54, 1.807) is 23.1 Å². The number of pyridine rings is 1. The van der Waals surface area contributed by atoms with E-state index in [-0.39, 0.29) is 17.3 Å². The standard InChI is InChI=1S/C20H21F2N5O/c1-2-27-12-15(11-24-27)25-20(28)13-4-7-26(8-5-13)18-3-6-23-19-16(18)9-14(21)10-17(19)22/h3,6,9-13H,2,4-5,7-8H2,1H3,(H,25,28). The van der Waals surface area contributed by atoms with Crippen LogP contribution in [0, 0.1) is 17.6 Å². The van der Waals surface area contributed by atoms with Crippen molar-refractivity contribution in [2.45, 2.75) is 26.3 Å². The van der Waals surface area contributed by atoms with Crippen LogP contribution in [0.25, 0.3) is 10.9 Å². The molecule has 0 aliphatic carbocycles. The Bertz CT molecular complexity index is 1010. The second-order valence-electron chi connectivity index (χ2n) is 6.95. The van der Waals surface area contributed by atoms with E-state index in [1.165, 1.54) is 12.3 Å². The van der Waals surface area contributed by atoms with E-state index >= 15 is 0 Å². The highest BCUT2D eigenvalue weighted by atomic mass is 19.1. The molecule has 1 amide bonds. The van der Waals surface area contributed by atoms with Crippen molar-refractivity contribution >= 4 is 28.2 Å². The van der Waals surface area contributed by atoms with Crippen LogP contribution in [0.4, 0.5) is 20.2 Å². The van der Waals surface area contributed by atoms with Crippen LogP contribution < -0.4 is 10.2 Å². The summed E-state index contributed by atoms with van der Waals surface area (Å²) >= 11 is 0. The van der Waals surface area contributed by atoms with Gasteiger partial charge in [0.05, 0.1) is 11.9 Å². The third-order valence-corrected chi connectivity index (χ3v) is 5.17. The number of nitrogens with one attached hydrogen (secondary N) is 1. The zero-order chi connectivity index (χ0) is 19.7. The molecule has 1 N–H and O–H groups in total. The van der Waals surface area contributed by atoms with Crippen LogP contribution in [0.2, 0.25) is 0 Å². The van der Waals surface area contributed by atoms with Gasteiger partial charge in [0, 0.05) is 55.1 Å². The van der Waals surface area contributed by atoms with Crippen molar-refractivity contribution in [3.63, 3.8) is 0 Å². The molecule has 1 aliphatic rings. The van der Waals surface area contributed by atoms with Gasteiger partial charge in [-0.25, -0.2) is 8.78 Å². The molecule has 28 heavy (non-hydrogen) atoms. The van der Waals surface area contributed by atoms with Crippen LogP contribution in [-0.4, -0.2) is 33.8 Å². The lowest BCUT2D eigenvalue weighted by molar-refractivity contribution is -0.120. The third-order valence-electron chi connectivity index (χ3n) is 5.17. The zero-order valence-electron chi connectivity index (χ0n) is 15.5. The fraction of sp³-hybridized carbons (Fsp3) is 0.350. The number of aromatic nitrogens is 3. The van der Waals surface area contributed by atoms with Gasteiger partial charge in [-0.15, -0.1) is 0 Å². The molecule has 0 spiro atoms. The van der Waals surface area contributed by atoms with Gasteiger partial charge in [-0.3, -0.25) is 14.5 Å². The zero-order valence-corrected chi connectivity index (χ0v) is 15.5. The Kier molecular flexibility index (Phi) is 4.93. The lowest BCUT2D eigenvalue weighted by atomic mass is 9.95. The molecule has 1 aromatic carbocycles. The van der Waals surface area contributed by atoms with E-state index in [1.807, 2.05) is 6.92 Å². The first-order chi connectivity index (χ1) is 13.5. The Morgan fingerprint density at radius 1 is 1.29 bits per heavy atom. The van der Waals surface area contributed by atoms with Gasteiger partial charge in [0.15, 0.2) is 5.82 Å². The van der Waals surface area contributed by atoms with Gasteiger partial charge in [0.25, 0.3) is 0 Å². The minimum atomic E-state index is -0.668. The first-order valence-corrected chi connectivity index (χ1v) is 9.37. The topological polar surface area (TPSA) is 63.1 Å². The van der Waals surface area contributed by atoms with Gasteiger partial charge in [-0.1, -0.05) is 0 Å². The molecule has 146 valence electrons. The summed E-state index contributed by atoms with van der Waals surface area (Å²) in [5, 5.41) is 7.52. The van der Waals surface area contributed by atoms with Crippen LogP contribution in [0.15, 0.2) is 36.8 Å². The Balaban J connectivity index is 1.45. The normalized spacial score (nSPS) is 15.2. The Morgan fingerprint density at radius 3 is 2.79 bits per heavy atom. The van der Waals surface area contributed by atoms with E-state index in [2.05, 4.69) is 20.3 Å². The second kappa shape index (κ2) is 7.53. The van der Waals surface area contributed by atoms with Crippen molar-refractivity contribution in [3.8, 4) is 0 Å². The first kappa shape index (κ1) is 18.3. The largest absolute Gasteiger partial charge is 0.371 e. The van der Waals surface area contributed by atoms with Crippen molar-refractivity contribution in [3.05, 3.63) is 48.4 Å². The van der Waals surface area contributed by atoms with Crippen LogP contribution in [-0.2, 0) is 11.3 Å². The van der Waals surface area contributed by atoms with Gasteiger partial charge < -0.3 is 10.2 Å². The smallest absolute Gasteiger partial charge is 0.227 e. The van der Waals surface area contributed by atoms with E-state index in [0.717, 1.165) is 18.3 Å². The van der Waals surface area contributed by atoms with Gasteiger partial charge in [-0.05, 0) is 31.9 Å². The molecule has 0 saturated carbocycles. The van der Waals surface area contributed by atoms with E-state index in [4.69, 9.17) is 0 Å². The highest BCUT2D eigenvalue weighted by molar-refractivity contribution is 5.93. The van der Waals surface area contributed by atoms with Crippen molar-refractivity contribution in [1.82, 2.24) is 14.8 Å². The SMILES string of the molecule is CCn1cc(NC(=O)C2CCN(c3ccnc4c(F)cc(F)cc34)CC2)cn1. The van der Waals surface area contributed by atoms with Crippen LogP contribution in [0.3, 0.4) is 0 Å². The number of halogens is 2. The number of anilines is 2. The number of fused-ring (bicyclic) bond motifs is 1. The van der Waals surface area contributed by atoms with Crippen LogP contribution in [0.5, 0.6) is 0 Å². The summed E-state index contributed by atoms with van der Waals surface area (Å²) in [6.45, 7) is 3.98. The Morgan fingerprint density at radius 2 is 2.07 bits per heavy atom. The first-order valence-electron chi connectivity index (χ1n) is 9.37. The molecule has 4 rings (SSSR count). The van der Waals surface area contributed by atoms with Crippen LogP contribution in [0.1, 0.15) is 19.8 Å². The summed E-state index contributed by atoms with van der Waals surface area (Å²) in [6.07, 6.45) is 6.30. The molecule has 0 atom stereocenters. The maximum absolute atomic E-state index is 14.0. The molecule has 1 aliphatic heterocycles. The van der Waals surface area contributed by atoms with E-state index in [0.29, 0.717) is 37.0 Å². The predicted octanol–water partition coefficient (Wildman–Crippen LogP) is 3.58. The molecule has 0 radical (unpaired) electrons. The van der Waals surface area contributed by atoms with E-state index in [9.17, 15) is 13.6 Å². The maximum atomic E-state index is 14.0. The van der Waals surface area contributed by atoms with Crippen LogP contribution >= 0.6 is 0 Å². The minimum Gasteiger partial charge on any atom is -0.371 e. The molecule has 3 heterocycles. The number of piperidine rings is 1. The number of aryl methyl sites for hydroxylation is 1. The molecule has 8 heteroatoms. The van der Waals surface area contributed by atoms with Crippen molar-refractivity contribution in [2.75, 3.05) is 23.3 Å². The number of carbonyl (C=O) groups is 1. The number of rotatable bonds is 4. The molecular formula is C20H21F2N5O. The molecule has 6 nitrogen and oxygen atoms in total. The molecular weight excluding hydrogens is 364 g/mol. The Hall–Kier alpha value is -3.03. The van der Waals surface area contributed by atoms with Crippen molar-refractivity contribution < 1.29 is 13.6 Å². The number of hydrogen-bond donors (Lipinski definition) is 1. The number of hydrogen-bond acceptors (Lipinski definition) is 4. The third kappa shape index (κ3) is 3.54. The number of amides is 1. The second-order valence-corrected chi connectivity index (χ2v) is 6.95. The summed E-state index contributed by atoms with van der Waals surface area (Å²) in [4.78, 5) is 18.6. The Labute approximate surface area is 161 Å². The summed E-state index contributed by atoms with van der Waals surface area (Å²) in [7, 11) is 0. The van der Waals surface area contributed by atoms with Gasteiger partial charge in [0.1, 0.15) is 11.3 Å². The van der Waals surface area contributed by atoms with Gasteiger partial charge in [0.2, 0.25) is 5.91 Å². The quantitative estimate of drug-likeness (QED) is 0.746. The molecule has 0 unspecified atom stereocenters. The average molecular weight is 385 g/mol. The molecule has 1 fully saturated rings. The fourth-order valence-corrected chi connectivity index (χ4v) is 3.67. The molecule has 3 aromatic rings. The van der Waals surface area contributed by atoms with Crippen molar-refractivity contribution in [1.29, 1.82) is 0 Å². The minimum absolute atomic E-state index is 0.0213. The lowest BCUT2D eigenvalue weighted by Gasteiger charge is -2.33. The fourth-order valence-electron chi connectivity index (χ4n) is 3.67. The average Bonchev–Trinajstić information content (AvgIpc) is 3.15. The van der Waals surface area contributed by atoms with E-state index < -0.39 is 11.6 Å². The summed E-state index contributed by atoms with van der Waals surface area (Å²) in [5.41, 5.74) is 1.60. The molecule has 1 saturated heterocycles. The highest BCUT2D eigenvalue weighted by Crippen LogP contribution is 2.31. The highest BCUT2D eigenvalue weighted by Gasteiger charge is 2.26. The molecule has 2 aromatic heterocycles. The number of benzene rings is 1. The number of carbonyl (C=O) groups excluding carboxylic acids is 1. The lowest BCUT2D eigenvalue weighted by Crippen LogP contribution is -2.38.